The SMILES string of the molecule is COc1ccc(CN2C(=O)CO[C@@H](C(=O)NC(C)C)[C@@H]2c2ccccc2)c(OC)c1. The van der Waals surface area contributed by atoms with E-state index in [1.54, 1.807) is 25.2 Å². The first-order valence-corrected chi connectivity index (χ1v) is 9.92. The molecule has 2 atom stereocenters. The summed E-state index contributed by atoms with van der Waals surface area (Å²) in [5, 5.41) is 2.91. The summed E-state index contributed by atoms with van der Waals surface area (Å²) in [5.41, 5.74) is 1.65. The lowest BCUT2D eigenvalue weighted by Gasteiger charge is -2.41. The Morgan fingerprint density at radius 3 is 2.53 bits per heavy atom. The Morgan fingerprint density at radius 1 is 1.17 bits per heavy atom. The zero-order valence-electron chi connectivity index (χ0n) is 17.8. The predicted octanol–water partition coefficient (Wildman–Crippen LogP) is 2.70. The summed E-state index contributed by atoms with van der Waals surface area (Å²) in [6.07, 6.45) is -0.809. The number of methoxy groups -OCH3 is 2. The van der Waals surface area contributed by atoms with Gasteiger partial charge in [0.25, 0.3) is 5.91 Å². The van der Waals surface area contributed by atoms with E-state index in [1.165, 1.54) is 0 Å². The number of morpholine rings is 1. The largest absolute Gasteiger partial charge is 0.497 e. The van der Waals surface area contributed by atoms with Crippen LogP contribution in [0.4, 0.5) is 0 Å². The van der Waals surface area contributed by atoms with Crippen LogP contribution < -0.4 is 14.8 Å². The van der Waals surface area contributed by atoms with Gasteiger partial charge in [0.15, 0.2) is 6.10 Å². The summed E-state index contributed by atoms with van der Waals surface area (Å²) in [4.78, 5) is 27.5. The molecule has 0 saturated carbocycles. The van der Waals surface area contributed by atoms with Crippen LogP contribution in [0.5, 0.6) is 11.5 Å². The maximum atomic E-state index is 12.9. The molecular weight excluding hydrogens is 384 g/mol. The number of amides is 2. The first-order chi connectivity index (χ1) is 14.4. The maximum absolute atomic E-state index is 12.9. The van der Waals surface area contributed by atoms with Crippen molar-refractivity contribution in [1.82, 2.24) is 10.2 Å². The fraction of sp³-hybridized carbons (Fsp3) is 0.391. The molecule has 2 aromatic carbocycles. The molecule has 0 radical (unpaired) electrons. The fourth-order valence-corrected chi connectivity index (χ4v) is 3.60. The van der Waals surface area contributed by atoms with E-state index >= 15 is 0 Å². The zero-order chi connectivity index (χ0) is 21.7. The Morgan fingerprint density at radius 2 is 1.90 bits per heavy atom. The molecule has 0 aliphatic carbocycles. The molecule has 30 heavy (non-hydrogen) atoms. The van der Waals surface area contributed by atoms with Crippen molar-refractivity contribution in [2.24, 2.45) is 0 Å². The molecule has 1 aliphatic heterocycles. The van der Waals surface area contributed by atoms with Gasteiger partial charge in [0.05, 0.1) is 26.8 Å². The third kappa shape index (κ3) is 4.74. The summed E-state index contributed by atoms with van der Waals surface area (Å²) < 4.78 is 16.5. The van der Waals surface area contributed by atoms with E-state index in [2.05, 4.69) is 5.32 Å². The quantitative estimate of drug-likeness (QED) is 0.757. The van der Waals surface area contributed by atoms with Crippen LogP contribution in [0.1, 0.15) is 31.0 Å². The van der Waals surface area contributed by atoms with Crippen LogP contribution >= 0.6 is 0 Å². The second-order valence-corrected chi connectivity index (χ2v) is 7.45. The van der Waals surface area contributed by atoms with Gasteiger partial charge in [-0.3, -0.25) is 9.59 Å². The predicted molar refractivity (Wildman–Crippen MR) is 112 cm³/mol. The van der Waals surface area contributed by atoms with E-state index < -0.39 is 12.1 Å². The highest BCUT2D eigenvalue weighted by molar-refractivity contribution is 5.86. The highest BCUT2D eigenvalue weighted by Crippen LogP contribution is 2.34. The summed E-state index contributed by atoms with van der Waals surface area (Å²) in [6, 6.07) is 14.4. The maximum Gasteiger partial charge on any atom is 0.251 e. The third-order valence-electron chi connectivity index (χ3n) is 4.99. The van der Waals surface area contributed by atoms with Crippen molar-refractivity contribution in [2.75, 3.05) is 20.8 Å². The van der Waals surface area contributed by atoms with Crippen LogP contribution in [-0.4, -0.2) is 49.7 Å². The molecule has 0 bridgehead atoms. The van der Waals surface area contributed by atoms with Crippen molar-refractivity contribution >= 4 is 11.8 Å². The number of rotatable bonds is 7. The highest BCUT2D eigenvalue weighted by Gasteiger charge is 2.42. The van der Waals surface area contributed by atoms with Crippen molar-refractivity contribution < 1.29 is 23.8 Å². The van der Waals surface area contributed by atoms with Gasteiger partial charge in [-0.25, -0.2) is 0 Å². The monoisotopic (exact) mass is 412 g/mol. The Kier molecular flexibility index (Phi) is 6.95. The van der Waals surface area contributed by atoms with Crippen LogP contribution in [0.25, 0.3) is 0 Å². The summed E-state index contributed by atoms with van der Waals surface area (Å²) >= 11 is 0. The number of nitrogens with one attached hydrogen (secondary N) is 1. The minimum atomic E-state index is -0.809. The zero-order valence-corrected chi connectivity index (χ0v) is 17.8. The van der Waals surface area contributed by atoms with Crippen molar-refractivity contribution in [3.05, 3.63) is 59.7 Å². The van der Waals surface area contributed by atoms with Gasteiger partial charge in [-0.1, -0.05) is 30.3 Å². The Bertz CT molecular complexity index is 884. The minimum absolute atomic E-state index is 0.0368. The molecule has 0 aromatic heterocycles. The molecular formula is C23H28N2O5. The summed E-state index contributed by atoms with van der Waals surface area (Å²) in [6.45, 7) is 3.91. The topological polar surface area (TPSA) is 77.1 Å². The number of carbonyl (C=O) groups excluding carboxylic acids is 2. The van der Waals surface area contributed by atoms with E-state index in [9.17, 15) is 9.59 Å². The van der Waals surface area contributed by atoms with E-state index in [4.69, 9.17) is 14.2 Å². The molecule has 7 heteroatoms. The molecule has 2 amide bonds. The van der Waals surface area contributed by atoms with E-state index in [-0.39, 0.29) is 31.0 Å². The molecule has 2 aromatic rings. The lowest BCUT2D eigenvalue weighted by atomic mass is 9.96. The lowest BCUT2D eigenvalue weighted by molar-refractivity contribution is -0.165. The number of nitrogens with zero attached hydrogens (tertiary/aromatic N) is 1. The van der Waals surface area contributed by atoms with Crippen LogP contribution in [0.2, 0.25) is 0 Å². The Balaban J connectivity index is 1.99. The van der Waals surface area contributed by atoms with Crippen molar-refractivity contribution in [3.63, 3.8) is 0 Å². The summed E-state index contributed by atoms with van der Waals surface area (Å²) in [5.74, 6) is 0.856. The van der Waals surface area contributed by atoms with E-state index in [0.717, 1.165) is 11.1 Å². The average Bonchev–Trinajstić information content (AvgIpc) is 2.75. The first kappa shape index (κ1) is 21.6. The lowest BCUT2D eigenvalue weighted by Crippen LogP contribution is -2.54. The standard InChI is InChI=1S/C23H28N2O5/c1-15(2)24-23(27)22-21(16-8-6-5-7-9-16)25(20(26)14-30-22)13-17-10-11-18(28-3)12-19(17)29-4/h5-12,15,21-22H,13-14H2,1-4H3,(H,24,27)/t21-,22+/m0/s1. The number of hydrogen-bond donors (Lipinski definition) is 1. The average molecular weight is 412 g/mol. The summed E-state index contributed by atoms with van der Waals surface area (Å²) in [7, 11) is 3.16. The second-order valence-electron chi connectivity index (χ2n) is 7.45. The molecule has 1 heterocycles. The van der Waals surface area contributed by atoms with Crippen LogP contribution in [0.15, 0.2) is 48.5 Å². The molecule has 1 fully saturated rings. The number of hydrogen-bond acceptors (Lipinski definition) is 5. The van der Waals surface area contributed by atoms with Gasteiger partial charge in [0, 0.05) is 17.7 Å². The Labute approximate surface area is 176 Å². The van der Waals surface area contributed by atoms with Crippen molar-refractivity contribution in [1.29, 1.82) is 0 Å². The van der Waals surface area contributed by atoms with Gasteiger partial charge >= 0.3 is 0 Å². The normalized spacial score (nSPS) is 19.0. The van der Waals surface area contributed by atoms with Crippen molar-refractivity contribution in [2.45, 2.75) is 38.6 Å². The molecule has 0 spiro atoms. The molecule has 7 nitrogen and oxygen atoms in total. The minimum Gasteiger partial charge on any atom is -0.497 e. The van der Waals surface area contributed by atoms with Gasteiger partial charge in [-0.15, -0.1) is 0 Å². The molecule has 0 unspecified atom stereocenters. The number of carbonyl (C=O) groups is 2. The fourth-order valence-electron chi connectivity index (χ4n) is 3.60. The highest BCUT2D eigenvalue weighted by atomic mass is 16.5. The van der Waals surface area contributed by atoms with Gasteiger partial charge in [0.2, 0.25) is 5.91 Å². The molecule has 1 saturated heterocycles. The van der Waals surface area contributed by atoms with Crippen LogP contribution in [0.3, 0.4) is 0 Å². The van der Waals surface area contributed by atoms with Gasteiger partial charge in [0.1, 0.15) is 18.1 Å². The van der Waals surface area contributed by atoms with E-state index in [1.807, 2.05) is 56.3 Å². The second kappa shape index (κ2) is 9.63. The Hall–Kier alpha value is -3.06. The van der Waals surface area contributed by atoms with Gasteiger partial charge in [-0.05, 0) is 31.5 Å². The van der Waals surface area contributed by atoms with Crippen LogP contribution in [0, 0.1) is 0 Å². The smallest absolute Gasteiger partial charge is 0.251 e. The molecule has 3 rings (SSSR count). The van der Waals surface area contributed by atoms with Gasteiger partial charge < -0.3 is 24.4 Å². The first-order valence-electron chi connectivity index (χ1n) is 9.92. The van der Waals surface area contributed by atoms with Crippen LogP contribution in [-0.2, 0) is 20.9 Å². The van der Waals surface area contributed by atoms with Crippen molar-refractivity contribution in [3.8, 4) is 11.5 Å². The van der Waals surface area contributed by atoms with Gasteiger partial charge in [-0.2, -0.15) is 0 Å². The molecule has 1 N–H and O–H groups in total. The third-order valence-corrected chi connectivity index (χ3v) is 4.99. The number of benzene rings is 2. The molecule has 1 aliphatic rings. The molecule has 160 valence electrons. The van der Waals surface area contributed by atoms with E-state index in [0.29, 0.717) is 11.5 Å². The number of ether oxygens (including phenoxy) is 3.